The van der Waals surface area contributed by atoms with Crippen molar-refractivity contribution in [2.24, 2.45) is 0 Å². The van der Waals surface area contributed by atoms with Gasteiger partial charge >= 0.3 is 0 Å². The lowest BCUT2D eigenvalue weighted by Gasteiger charge is -2.14. The number of hydrogen-bond donors (Lipinski definition) is 0. The number of carbonyl (C=O) groups excluding carboxylic acids is 1. The molecule has 1 heterocycles. The summed E-state index contributed by atoms with van der Waals surface area (Å²) >= 11 is 4.34. The molecule has 0 fully saturated rings. The zero-order valence-electron chi connectivity index (χ0n) is 12.2. The Balaban J connectivity index is 2.12. The zero-order valence-corrected chi connectivity index (χ0v) is 16.5. The van der Waals surface area contributed by atoms with Crippen LogP contribution in [0.5, 0.6) is 0 Å². The highest BCUT2D eigenvalue weighted by atomic mass is 127. The Morgan fingerprint density at radius 3 is 2.57 bits per heavy atom. The summed E-state index contributed by atoms with van der Waals surface area (Å²) in [4.78, 5) is 29.7. The molecule has 0 amide bonds. The Morgan fingerprint density at radius 2 is 1.87 bits per heavy atom. The van der Waals surface area contributed by atoms with Crippen molar-refractivity contribution >= 4 is 61.9 Å². The molecule has 0 aliphatic carbocycles. The molecule has 1 aromatic heterocycles. The molecule has 23 heavy (non-hydrogen) atoms. The van der Waals surface area contributed by atoms with E-state index in [1.807, 2.05) is 30.3 Å². The molecule has 0 bridgehead atoms. The van der Waals surface area contributed by atoms with Crippen LogP contribution in [0.3, 0.4) is 0 Å². The third-order valence-corrected chi connectivity index (χ3v) is 5.10. The van der Waals surface area contributed by atoms with E-state index in [0.717, 1.165) is 7.14 Å². The van der Waals surface area contributed by atoms with E-state index in [1.54, 1.807) is 19.1 Å². The van der Waals surface area contributed by atoms with Gasteiger partial charge in [-0.3, -0.25) is 14.2 Å². The minimum Gasteiger partial charge on any atom is -0.292 e. The molecule has 1 atom stereocenters. The van der Waals surface area contributed by atoms with Gasteiger partial charge in [-0.2, -0.15) is 0 Å². The molecule has 0 saturated carbocycles. The van der Waals surface area contributed by atoms with Crippen LogP contribution < -0.4 is 5.56 Å². The van der Waals surface area contributed by atoms with Crippen LogP contribution in [-0.2, 0) is 0 Å². The maximum absolute atomic E-state index is 12.8. The molecule has 2 aromatic carbocycles. The van der Waals surface area contributed by atoms with Crippen molar-refractivity contribution in [3.63, 3.8) is 0 Å². The predicted molar refractivity (Wildman–Crippen MR) is 107 cm³/mol. The van der Waals surface area contributed by atoms with Gasteiger partial charge in [0.15, 0.2) is 5.78 Å². The van der Waals surface area contributed by atoms with Crippen LogP contribution in [-0.4, -0.2) is 15.3 Å². The minimum absolute atomic E-state index is 0.103. The van der Waals surface area contributed by atoms with Crippen LogP contribution >= 0.6 is 45.2 Å². The van der Waals surface area contributed by atoms with Gasteiger partial charge in [0.05, 0.1) is 23.3 Å². The van der Waals surface area contributed by atoms with Gasteiger partial charge in [-0.15, -0.1) is 0 Å². The fraction of sp³-hybridized carbons (Fsp3) is 0.118. The van der Waals surface area contributed by atoms with Crippen LogP contribution in [0.15, 0.2) is 53.6 Å². The lowest BCUT2D eigenvalue weighted by atomic mass is 10.1. The molecular formula is C17H12I2N2O2. The SMILES string of the molecule is C[C@@H](C(=O)c1ccccc1)n1cnc2c(I)cc(I)cc2c1=O. The minimum atomic E-state index is -0.600. The van der Waals surface area contributed by atoms with E-state index in [2.05, 4.69) is 50.2 Å². The highest BCUT2D eigenvalue weighted by Gasteiger charge is 2.19. The molecule has 0 aliphatic heterocycles. The van der Waals surface area contributed by atoms with E-state index in [9.17, 15) is 9.59 Å². The van der Waals surface area contributed by atoms with Crippen LogP contribution in [0, 0.1) is 7.14 Å². The third kappa shape index (κ3) is 3.18. The number of Topliss-reactive ketones (excluding diaryl/α,β-unsaturated/α-hetero) is 1. The number of halogens is 2. The van der Waals surface area contributed by atoms with Gasteiger partial charge < -0.3 is 0 Å². The summed E-state index contributed by atoms with van der Waals surface area (Å²) in [6.07, 6.45) is 1.46. The normalized spacial score (nSPS) is 12.3. The van der Waals surface area contributed by atoms with Crippen molar-refractivity contribution in [1.82, 2.24) is 9.55 Å². The van der Waals surface area contributed by atoms with Gasteiger partial charge in [-0.05, 0) is 64.2 Å². The summed E-state index contributed by atoms with van der Waals surface area (Å²) in [5.74, 6) is -0.103. The summed E-state index contributed by atoms with van der Waals surface area (Å²) in [6.45, 7) is 1.73. The van der Waals surface area contributed by atoms with Crippen LogP contribution in [0.25, 0.3) is 10.9 Å². The maximum Gasteiger partial charge on any atom is 0.261 e. The van der Waals surface area contributed by atoms with E-state index in [1.165, 1.54) is 10.9 Å². The first-order chi connectivity index (χ1) is 11.0. The molecule has 116 valence electrons. The molecule has 0 saturated heterocycles. The molecule has 6 heteroatoms. The number of rotatable bonds is 3. The van der Waals surface area contributed by atoms with Crippen LogP contribution in [0.2, 0.25) is 0 Å². The highest BCUT2D eigenvalue weighted by molar-refractivity contribution is 14.1. The van der Waals surface area contributed by atoms with Crippen molar-refractivity contribution in [3.8, 4) is 0 Å². The van der Waals surface area contributed by atoms with E-state index >= 15 is 0 Å². The Hall–Kier alpha value is -1.29. The van der Waals surface area contributed by atoms with E-state index in [4.69, 9.17) is 0 Å². The van der Waals surface area contributed by atoms with E-state index in [-0.39, 0.29) is 11.3 Å². The van der Waals surface area contributed by atoms with Crippen molar-refractivity contribution in [2.75, 3.05) is 0 Å². The number of ketones is 1. The van der Waals surface area contributed by atoms with Gasteiger partial charge in [0.1, 0.15) is 0 Å². The number of carbonyl (C=O) groups is 1. The summed E-state index contributed by atoms with van der Waals surface area (Å²) in [7, 11) is 0. The van der Waals surface area contributed by atoms with E-state index in [0.29, 0.717) is 16.5 Å². The van der Waals surface area contributed by atoms with Crippen LogP contribution in [0.4, 0.5) is 0 Å². The van der Waals surface area contributed by atoms with Gasteiger partial charge in [-0.1, -0.05) is 30.3 Å². The Bertz CT molecular complexity index is 952. The lowest BCUT2D eigenvalue weighted by Crippen LogP contribution is -2.28. The molecule has 3 aromatic rings. The molecule has 0 N–H and O–H groups in total. The monoisotopic (exact) mass is 530 g/mol. The quantitative estimate of drug-likeness (QED) is 0.380. The molecule has 0 spiro atoms. The zero-order chi connectivity index (χ0) is 16.6. The third-order valence-electron chi connectivity index (χ3n) is 3.66. The highest BCUT2D eigenvalue weighted by Crippen LogP contribution is 2.20. The molecule has 3 rings (SSSR count). The average Bonchev–Trinajstić information content (AvgIpc) is 2.55. The topological polar surface area (TPSA) is 52.0 Å². The smallest absolute Gasteiger partial charge is 0.261 e. The number of nitrogens with zero attached hydrogens (tertiary/aromatic N) is 2. The van der Waals surface area contributed by atoms with Crippen molar-refractivity contribution in [2.45, 2.75) is 13.0 Å². The fourth-order valence-corrected chi connectivity index (χ4v) is 4.40. The second kappa shape index (κ2) is 6.68. The van der Waals surface area contributed by atoms with Gasteiger partial charge in [0, 0.05) is 12.7 Å². The lowest BCUT2D eigenvalue weighted by molar-refractivity contribution is 0.0932. The summed E-state index contributed by atoms with van der Waals surface area (Å²) < 4.78 is 3.30. The number of hydrogen-bond acceptors (Lipinski definition) is 3. The maximum atomic E-state index is 12.8. The summed E-state index contributed by atoms with van der Waals surface area (Å²) in [5, 5.41) is 0.538. The molecule has 0 aliphatic rings. The molecule has 4 nitrogen and oxygen atoms in total. The largest absolute Gasteiger partial charge is 0.292 e. The number of fused-ring (bicyclic) bond motifs is 1. The van der Waals surface area contributed by atoms with E-state index < -0.39 is 6.04 Å². The Kier molecular flexibility index (Phi) is 4.81. The standard InChI is InChI=1S/C17H12I2N2O2/c1-10(16(22)11-5-3-2-4-6-11)21-9-20-15-13(17(21)23)7-12(18)8-14(15)19/h2-10H,1H3/t10-/m0/s1. The Morgan fingerprint density at radius 1 is 1.17 bits per heavy atom. The van der Waals surface area contributed by atoms with Crippen molar-refractivity contribution in [3.05, 3.63) is 71.8 Å². The average molecular weight is 530 g/mol. The predicted octanol–water partition coefficient (Wildman–Crippen LogP) is 4.05. The van der Waals surface area contributed by atoms with Crippen molar-refractivity contribution in [1.29, 1.82) is 0 Å². The van der Waals surface area contributed by atoms with Gasteiger partial charge in [0.2, 0.25) is 0 Å². The molecular weight excluding hydrogens is 518 g/mol. The second-order valence-electron chi connectivity index (χ2n) is 5.15. The molecule has 0 unspecified atom stereocenters. The number of aromatic nitrogens is 2. The number of benzene rings is 2. The first-order valence-corrected chi connectivity index (χ1v) is 9.10. The first kappa shape index (κ1) is 16.6. The van der Waals surface area contributed by atoms with Crippen molar-refractivity contribution < 1.29 is 4.79 Å². The summed E-state index contributed by atoms with van der Waals surface area (Å²) in [6, 6.07) is 12.2. The fourth-order valence-electron chi connectivity index (χ4n) is 2.42. The van der Waals surface area contributed by atoms with Gasteiger partial charge in [-0.25, -0.2) is 4.98 Å². The van der Waals surface area contributed by atoms with Gasteiger partial charge in [0.25, 0.3) is 5.56 Å². The first-order valence-electron chi connectivity index (χ1n) is 6.94. The van der Waals surface area contributed by atoms with Crippen LogP contribution in [0.1, 0.15) is 23.3 Å². The molecule has 0 radical (unpaired) electrons. The Labute approximate surface area is 160 Å². The second-order valence-corrected chi connectivity index (χ2v) is 7.55. The summed E-state index contributed by atoms with van der Waals surface area (Å²) in [5.41, 5.74) is 1.07.